The molecular formula is C17H35N3O. The molecule has 0 bridgehead atoms. The number of hydrogen-bond donors (Lipinski definition) is 2. The number of nitrogens with two attached hydrogens (primary N) is 1. The quantitative estimate of drug-likeness (QED) is 0.616. The number of nitrogens with zero attached hydrogens (tertiary/aromatic N) is 1. The Hall–Kier alpha value is -0.610. The molecule has 1 aliphatic carbocycles. The summed E-state index contributed by atoms with van der Waals surface area (Å²) in [6.45, 7) is 13.0. The van der Waals surface area contributed by atoms with Crippen LogP contribution >= 0.6 is 0 Å². The van der Waals surface area contributed by atoms with Crippen molar-refractivity contribution in [2.75, 3.05) is 13.1 Å². The van der Waals surface area contributed by atoms with Gasteiger partial charge in [0, 0.05) is 25.2 Å². The fourth-order valence-corrected chi connectivity index (χ4v) is 3.01. The first kappa shape index (κ1) is 18.4. The second-order valence-electron chi connectivity index (χ2n) is 7.22. The van der Waals surface area contributed by atoms with Crippen molar-refractivity contribution in [2.45, 2.75) is 84.3 Å². The van der Waals surface area contributed by atoms with Crippen LogP contribution in [0.15, 0.2) is 0 Å². The van der Waals surface area contributed by atoms with E-state index in [4.69, 9.17) is 5.73 Å². The summed E-state index contributed by atoms with van der Waals surface area (Å²) in [5.41, 5.74) is 5.09. The molecule has 0 radical (unpaired) electrons. The highest BCUT2D eigenvalue weighted by atomic mass is 16.1. The first-order valence-corrected chi connectivity index (χ1v) is 8.64. The fraction of sp³-hybridized carbons (Fsp3) is 0.941. The number of nitrogens with one attached hydrogen (secondary N) is 1. The van der Waals surface area contributed by atoms with Crippen LogP contribution in [0.3, 0.4) is 0 Å². The van der Waals surface area contributed by atoms with E-state index in [1.165, 1.54) is 12.8 Å². The maximum absolute atomic E-state index is 11.9. The molecule has 4 nitrogen and oxygen atoms in total. The summed E-state index contributed by atoms with van der Waals surface area (Å²) in [6, 6.07) is 1.10. The van der Waals surface area contributed by atoms with Gasteiger partial charge in [-0.15, -0.1) is 0 Å². The van der Waals surface area contributed by atoms with Gasteiger partial charge in [-0.2, -0.15) is 0 Å². The molecule has 1 saturated carbocycles. The van der Waals surface area contributed by atoms with E-state index in [1.54, 1.807) is 0 Å². The highest BCUT2D eigenvalue weighted by Gasteiger charge is 2.37. The van der Waals surface area contributed by atoms with Gasteiger partial charge in [0.1, 0.15) is 0 Å². The Balaban J connectivity index is 2.64. The minimum absolute atomic E-state index is 0.219. The van der Waals surface area contributed by atoms with Crippen LogP contribution in [0.1, 0.15) is 66.7 Å². The molecule has 0 saturated heterocycles. The first-order valence-electron chi connectivity index (χ1n) is 8.64. The molecule has 1 aliphatic rings. The molecule has 0 aromatic carbocycles. The monoisotopic (exact) mass is 297 g/mol. The van der Waals surface area contributed by atoms with Gasteiger partial charge in [-0.25, -0.2) is 0 Å². The van der Waals surface area contributed by atoms with Crippen LogP contribution in [0.2, 0.25) is 0 Å². The lowest BCUT2D eigenvalue weighted by molar-refractivity contribution is -0.124. The summed E-state index contributed by atoms with van der Waals surface area (Å²) in [5, 5.41) is 3.45. The van der Waals surface area contributed by atoms with Gasteiger partial charge < -0.3 is 16.0 Å². The van der Waals surface area contributed by atoms with Crippen LogP contribution < -0.4 is 11.1 Å². The number of carbonyl (C=O) groups excluding carboxylic acids is 1. The lowest BCUT2D eigenvalue weighted by Gasteiger charge is -2.36. The molecule has 1 atom stereocenters. The van der Waals surface area contributed by atoms with Crippen molar-refractivity contribution < 1.29 is 4.79 Å². The molecular weight excluding hydrogens is 262 g/mol. The molecule has 1 rings (SSSR count). The normalized spacial score (nSPS) is 18.5. The van der Waals surface area contributed by atoms with Crippen molar-refractivity contribution in [1.29, 1.82) is 0 Å². The smallest absolute Gasteiger partial charge is 0.237 e. The van der Waals surface area contributed by atoms with Crippen LogP contribution in [0, 0.1) is 5.92 Å². The van der Waals surface area contributed by atoms with Crippen LogP contribution in [-0.4, -0.2) is 41.5 Å². The third-order valence-corrected chi connectivity index (χ3v) is 4.60. The summed E-state index contributed by atoms with van der Waals surface area (Å²) in [4.78, 5) is 14.4. The van der Waals surface area contributed by atoms with Crippen molar-refractivity contribution in [3.63, 3.8) is 0 Å². The van der Waals surface area contributed by atoms with E-state index in [9.17, 15) is 4.79 Å². The zero-order valence-corrected chi connectivity index (χ0v) is 14.6. The molecule has 21 heavy (non-hydrogen) atoms. The van der Waals surface area contributed by atoms with E-state index >= 15 is 0 Å². The minimum Gasteiger partial charge on any atom is -0.368 e. The maximum atomic E-state index is 11.9. The summed E-state index contributed by atoms with van der Waals surface area (Å²) in [7, 11) is 0. The highest BCUT2D eigenvalue weighted by Crippen LogP contribution is 2.25. The van der Waals surface area contributed by atoms with Crippen LogP contribution in [0.4, 0.5) is 0 Å². The average Bonchev–Trinajstić information content (AvgIpc) is 3.20. The van der Waals surface area contributed by atoms with Gasteiger partial charge in [0.2, 0.25) is 5.91 Å². The highest BCUT2D eigenvalue weighted by molar-refractivity contribution is 5.84. The summed E-state index contributed by atoms with van der Waals surface area (Å²) in [6.07, 6.45) is 5.46. The Bertz CT molecular complexity index is 324. The fourth-order valence-electron chi connectivity index (χ4n) is 3.01. The van der Waals surface area contributed by atoms with E-state index in [1.807, 2.05) is 6.92 Å². The van der Waals surface area contributed by atoms with Crippen molar-refractivity contribution in [3.05, 3.63) is 0 Å². The molecule has 0 aromatic heterocycles. The molecule has 4 heteroatoms. The van der Waals surface area contributed by atoms with Crippen molar-refractivity contribution >= 4 is 5.91 Å². The molecule has 3 N–H and O–H groups in total. The summed E-state index contributed by atoms with van der Waals surface area (Å²) >= 11 is 0. The van der Waals surface area contributed by atoms with Gasteiger partial charge >= 0.3 is 0 Å². The predicted molar refractivity (Wildman–Crippen MR) is 89.2 cm³/mol. The minimum atomic E-state index is -0.567. The molecule has 1 amide bonds. The van der Waals surface area contributed by atoms with Gasteiger partial charge in [0.15, 0.2) is 0 Å². The predicted octanol–water partition coefficient (Wildman–Crippen LogP) is 2.52. The zero-order valence-electron chi connectivity index (χ0n) is 14.6. The van der Waals surface area contributed by atoms with Gasteiger partial charge in [-0.3, -0.25) is 4.79 Å². The lowest BCUT2D eigenvalue weighted by atomic mass is 9.95. The zero-order chi connectivity index (χ0) is 16.0. The Labute approximate surface area is 130 Å². The average molecular weight is 297 g/mol. The van der Waals surface area contributed by atoms with Crippen LogP contribution in [-0.2, 0) is 4.79 Å². The van der Waals surface area contributed by atoms with Gasteiger partial charge in [0.25, 0.3) is 0 Å². The van der Waals surface area contributed by atoms with Gasteiger partial charge in [0.05, 0.1) is 5.54 Å². The van der Waals surface area contributed by atoms with Gasteiger partial charge in [-0.1, -0.05) is 27.7 Å². The van der Waals surface area contributed by atoms with E-state index in [2.05, 4.69) is 37.9 Å². The third kappa shape index (κ3) is 5.95. The molecule has 1 fully saturated rings. The van der Waals surface area contributed by atoms with Crippen LogP contribution in [0.25, 0.3) is 0 Å². The third-order valence-electron chi connectivity index (χ3n) is 4.60. The lowest BCUT2D eigenvalue weighted by Crippen LogP contribution is -2.56. The Morgan fingerprint density at radius 3 is 2.29 bits per heavy atom. The molecule has 0 aromatic rings. The van der Waals surface area contributed by atoms with E-state index < -0.39 is 5.54 Å². The Morgan fingerprint density at radius 1 is 1.33 bits per heavy atom. The second-order valence-corrected chi connectivity index (χ2v) is 7.22. The number of rotatable bonds is 11. The largest absolute Gasteiger partial charge is 0.368 e. The summed E-state index contributed by atoms with van der Waals surface area (Å²) < 4.78 is 0. The van der Waals surface area contributed by atoms with Crippen molar-refractivity contribution in [1.82, 2.24) is 10.2 Å². The van der Waals surface area contributed by atoms with Crippen LogP contribution in [0.5, 0.6) is 0 Å². The van der Waals surface area contributed by atoms with E-state index in [0.29, 0.717) is 18.0 Å². The number of hydrogen-bond acceptors (Lipinski definition) is 3. The molecule has 0 heterocycles. The Kier molecular flexibility index (Phi) is 7.14. The SMILES string of the molecule is CCC(CC)N(CCC(C)(NC1CC1)C(N)=O)CC(C)C. The molecule has 0 spiro atoms. The summed E-state index contributed by atoms with van der Waals surface area (Å²) in [5.74, 6) is 0.422. The number of amides is 1. The standard InChI is InChI=1S/C17H35N3O/c1-6-15(7-2)20(12-13(3)4)11-10-17(5,16(18)21)19-14-8-9-14/h13-15,19H,6-12H2,1-5H3,(H2,18,21). The number of carbonyl (C=O) groups is 1. The van der Waals surface area contributed by atoms with E-state index in [0.717, 1.165) is 32.4 Å². The van der Waals surface area contributed by atoms with Crippen molar-refractivity contribution in [2.24, 2.45) is 11.7 Å². The van der Waals surface area contributed by atoms with E-state index in [-0.39, 0.29) is 5.91 Å². The number of primary amides is 1. The maximum Gasteiger partial charge on any atom is 0.237 e. The second kappa shape index (κ2) is 8.14. The molecule has 1 unspecified atom stereocenters. The molecule has 0 aliphatic heterocycles. The van der Waals surface area contributed by atoms with Gasteiger partial charge in [-0.05, 0) is 44.9 Å². The molecule has 124 valence electrons. The van der Waals surface area contributed by atoms with Crippen molar-refractivity contribution in [3.8, 4) is 0 Å². The Morgan fingerprint density at radius 2 is 1.90 bits per heavy atom. The topological polar surface area (TPSA) is 58.4 Å². The first-order chi connectivity index (χ1) is 9.82.